The zero-order valence-electron chi connectivity index (χ0n) is 20.2. The van der Waals surface area contributed by atoms with Crippen LogP contribution in [0.5, 0.6) is 11.5 Å². The van der Waals surface area contributed by atoms with Crippen LogP contribution < -0.4 is 13.8 Å². The van der Waals surface area contributed by atoms with Crippen LogP contribution in [0.2, 0.25) is 0 Å². The zero-order chi connectivity index (χ0) is 29.5. The van der Waals surface area contributed by atoms with Crippen molar-refractivity contribution in [1.82, 2.24) is 0 Å². The van der Waals surface area contributed by atoms with E-state index in [4.69, 9.17) is 8.92 Å². The maximum atomic E-state index is 14.1. The van der Waals surface area contributed by atoms with Crippen molar-refractivity contribution in [2.75, 3.05) is 23.7 Å². The fourth-order valence-corrected chi connectivity index (χ4v) is 5.81. The molecule has 0 N–H and O–H groups in total. The summed E-state index contributed by atoms with van der Waals surface area (Å²) < 4.78 is 145. The highest BCUT2D eigenvalue weighted by Gasteiger charge is 2.37. The van der Waals surface area contributed by atoms with Crippen LogP contribution in [0.4, 0.5) is 32.0 Å². The van der Waals surface area contributed by atoms with E-state index in [2.05, 4.69) is 4.74 Å². The first-order chi connectivity index (χ1) is 18.5. The Labute approximate surface area is 224 Å². The average Bonchev–Trinajstić information content (AvgIpc) is 2.85. The Morgan fingerprint density at radius 1 is 1.00 bits per heavy atom. The molecule has 216 valence electrons. The van der Waals surface area contributed by atoms with E-state index in [0.717, 1.165) is 30.5 Å². The second kappa shape index (κ2) is 10.8. The quantitative estimate of drug-likeness (QED) is 0.260. The number of fused-ring (bicyclic) bond motifs is 1. The van der Waals surface area contributed by atoms with Gasteiger partial charge in [-0.3, -0.25) is 8.49 Å². The minimum Gasteiger partial charge on any atom is -0.484 e. The summed E-state index contributed by atoms with van der Waals surface area (Å²) in [5.41, 5.74) is -1.28. The Morgan fingerprint density at radius 2 is 1.73 bits per heavy atom. The first-order valence-corrected chi connectivity index (χ1v) is 14.4. The molecule has 0 saturated heterocycles. The highest BCUT2D eigenvalue weighted by molar-refractivity contribution is 7.92. The van der Waals surface area contributed by atoms with E-state index in [-0.39, 0.29) is 22.6 Å². The Kier molecular flexibility index (Phi) is 7.97. The number of benzene rings is 3. The van der Waals surface area contributed by atoms with E-state index >= 15 is 0 Å². The van der Waals surface area contributed by atoms with Crippen LogP contribution >= 0.6 is 0 Å². The molecule has 0 amide bonds. The maximum Gasteiger partial charge on any atom is 0.416 e. The van der Waals surface area contributed by atoms with Gasteiger partial charge in [-0.25, -0.2) is 12.8 Å². The van der Waals surface area contributed by atoms with Gasteiger partial charge in [0.2, 0.25) is 0 Å². The molecule has 3 aromatic carbocycles. The Bertz CT molecular complexity index is 1630. The van der Waals surface area contributed by atoms with E-state index < -0.39 is 74.2 Å². The largest absolute Gasteiger partial charge is 0.484 e. The standard InChI is InChI=1S/C24H19F6NO7S2/c1-39(32,33)36-13-19-12-31(40(34,35)20-4-2-3-16(10-20)24(28,29)30)21-9-14(5-6-22(21)37-19)15-7-17(25)11-18(8-15)38-23(26)27/h2-11,19,23H,12-13H2,1H3/t19-/m1/s1. The number of anilines is 1. The van der Waals surface area contributed by atoms with Crippen molar-refractivity contribution >= 4 is 25.8 Å². The molecule has 0 aliphatic carbocycles. The van der Waals surface area contributed by atoms with Gasteiger partial charge >= 0.3 is 12.8 Å². The fourth-order valence-electron chi connectivity index (χ4n) is 3.87. The van der Waals surface area contributed by atoms with Gasteiger partial charge in [0.05, 0.1) is 28.9 Å². The second-order valence-corrected chi connectivity index (χ2v) is 12.0. The molecule has 1 aliphatic rings. The van der Waals surface area contributed by atoms with Crippen molar-refractivity contribution < 1.29 is 56.8 Å². The van der Waals surface area contributed by atoms with Gasteiger partial charge in [-0.1, -0.05) is 12.1 Å². The van der Waals surface area contributed by atoms with Gasteiger partial charge in [-0.2, -0.15) is 30.4 Å². The second-order valence-electron chi connectivity index (χ2n) is 8.53. The molecule has 1 aliphatic heterocycles. The smallest absolute Gasteiger partial charge is 0.416 e. The molecule has 0 fully saturated rings. The third-order valence-corrected chi connectivity index (χ3v) is 7.88. The van der Waals surface area contributed by atoms with Gasteiger partial charge in [-0.15, -0.1) is 0 Å². The van der Waals surface area contributed by atoms with Crippen molar-refractivity contribution in [2.24, 2.45) is 0 Å². The highest BCUT2D eigenvalue weighted by Crippen LogP contribution is 2.41. The third kappa shape index (κ3) is 6.79. The number of ether oxygens (including phenoxy) is 2. The average molecular weight is 612 g/mol. The van der Waals surface area contributed by atoms with Gasteiger partial charge < -0.3 is 9.47 Å². The lowest BCUT2D eigenvalue weighted by Gasteiger charge is -2.35. The van der Waals surface area contributed by atoms with Crippen molar-refractivity contribution in [3.8, 4) is 22.6 Å². The van der Waals surface area contributed by atoms with Gasteiger partial charge in [0, 0.05) is 6.07 Å². The summed E-state index contributed by atoms with van der Waals surface area (Å²) in [5.74, 6) is -1.56. The predicted octanol–water partition coefficient (Wildman–Crippen LogP) is 5.05. The third-order valence-electron chi connectivity index (χ3n) is 5.54. The molecule has 0 radical (unpaired) electrons. The van der Waals surface area contributed by atoms with Crippen LogP contribution in [0.25, 0.3) is 11.1 Å². The molecule has 8 nitrogen and oxygen atoms in total. The first-order valence-electron chi connectivity index (χ1n) is 11.1. The molecule has 0 bridgehead atoms. The molecule has 0 aromatic heterocycles. The van der Waals surface area contributed by atoms with E-state index in [1.807, 2.05) is 0 Å². The van der Waals surface area contributed by atoms with Gasteiger partial charge in [-0.05, 0) is 53.6 Å². The molecule has 40 heavy (non-hydrogen) atoms. The van der Waals surface area contributed by atoms with Gasteiger partial charge in [0.25, 0.3) is 20.1 Å². The van der Waals surface area contributed by atoms with Crippen LogP contribution in [0.1, 0.15) is 5.56 Å². The van der Waals surface area contributed by atoms with E-state index in [9.17, 15) is 43.2 Å². The number of halogens is 6. The number of rotatable bonds is 8. The summed E-state index contributed by atoms with van der Waals surface area (Å²) in [5, 5.41) is 0. The fraction of sp³-hybridized carbons (Fsp3) is 0.250. The minimum atomic E-state index is -4.84. The Morgan fingerprint density at radius 3 is 2.38 bits per heavy atom. The number of nitrogens with zero attached hydrogens (tertiary/aromatic N) is 1. The number of sulfonamides is 1. The molecule has 3 aromatic rings. The van der Waals surface area contributed by atoms with Crippen LogP contribution in [0.3, 0.4) is 0 Å². The van der Waals surface area contributed by atoms with Crippen LogP contribution in [-0.2, 0) is 30.5 Å². The predicted molar refractivity (Wildman–Crippen MR) is 130 cm³/mol. The van der Waals surface area contributed by atoms with E-state index in [1.165, 1.54) is 18.2 Å². The van der Waals surface area contributed by atoms with Crippen LogP contribution in [0, 0.1) is 5.82 Å². The summed E-state index contributed by atoms with van der Waals surface area (Å²) in [6, 6.07) is 9.56. The molecule has 0 spiro atoms. The normalized spacial score (nSPS) is 16.0. The number of hydrogen-bond donors (Lipinski definition) is 0. The number of alkyl halides is 5. The van der Waals surface area contributed by atoms with Crippen molar-refractivity contribution in [1.29, 1.82) is 0 Å². The molecule has 1 atom stereocenters. The van der Waals surface area contributed by atoms with Crippen LogP contribution in [-0.4, -0.2) is 49.0 Å². The SMILES string of the molecule is CS(=O)(=O)OC[C@H]1CN(S(=O)(=O)c2cccc(C(F)(F)F)c2)c2cc(-c3cc(F)cc(OC(F)F)c3)ccc2O1. The molecular formula is C24H19F6NO7S2. The van der Waals surface area contributed by atoms with Gasteiger partial charge in [0.1, 0.15) is 30.0 Å². The molecule has 16 heteroatoms. The van der Waals surface area contributed by atoms with Crippen molar-refractivity contribution in [3.63, 3.8) is 0 Å². The molecule has 0 unspecified atom stereocenters. The molecule has 4 rings (SSSR count). The summed E-state index contributed by atoms with van der Waals surface area (Å²) in [7, 11) is -8.69. The first kappa shape index (κ1) is 29.5. The van der Waals surface area contributed by atoms with Crippen molar-refractivity contribution in [3.05, 3.63) is 72.0 Å². The lowest BCUT2D eigenvalue weighted by atomic mass is 10.0. The zero-order valence-corrected chi connectivity index (χ0v) is 21.9. The summed E-state index contributed by atoms with van der Waals surface area (Å²) in [6.07, 6.45) is -5.28. The Balaban J connectivity index is 1.82. The molecule has 1 heterocycles. The van der Waals surface area contributed by atoms with E-state index in [1.54, 1.807) is 0 Å². The minimum absolute atomic E-state index is 0.0115. The summed E-state index contributed by atoms with van der Waals surface area (Å²) >= 11 is 0. The highest BCUT2D eigenvalue weighted by atomic mass is 32.2. The maximum absolute atomic E-state index is 14.1. The van der Waals surface area contributed by atoms with Crippen LogP contribution in [0.15, 0.2) is 65.6 Å². The lowest BCUT2D eigenvalue weighted by molar-refractivity contribution is -0.137. The van der Waals surface area contributed by atoms with Crippen molar-refractivity contribution in [2.45, 2.75) is 23.8 Å². The number of hydrogen-bond acceptors (Lipinski definition) is 7. The lowest BCUT2D eigenvalue weighted by Crippen LogP contribution is -2.45. The summed E-state index contributed by atoms with van der Waals surface area (Å²) in [6.45, 7) is -4.44. The topological polar surface area (TPSA) is 99.2 Å². The Hall–Kier alpha value is -3.50. The monoisotopic (exact) mass is 611 g/mol. The molecular weight excluding hydrogens is 592 g/mol. The summed E-state index contributed by atoms with van der Waals surface area (Å²) in [4.78, 5) is -0.721. The molecule has 0 saturated carbocycles. The van der Waals surface area contributed by atoms with E-state index in [0.29, 0.717) is 22.5 Å². The van der Waals surface area contributed by atoms with Gasteiger partial charge in [0.15, 0.2) is 0 Å².